The molecule has 0 saturated heterocycles. The Balaban J connectivity index is 1.73. The first-order chi connectivity index (χ1) is 11.2. The highest BCUT2D eigenvalue weighted by atomic mass is 16.2. The second-order valence-corrected chi connectivity index (χ2v) is 6.28. The Kier molecular flexibility index (Phi) is 4.92. The van der Waals surface area contributed by atoms with Crippen molar-refractivity contribution in [1.29, 1.82) is 0 Å². The molecule has 4 heteroatoms. The van der Waals surface area contributed by atoms with Gasteiger partial charge in [-0.2, -0.15) is 0 Å². The van der Waals surface area contributed by atoms with Crippen molar-refractivity contribution in [3.63, 3.8) is 0 Å². The average Bonchev–Trinajstić information content (AvgIpc) is 3.40. The van der Waals surface area contributed by atoms with Crippen molar-refractivity contribution in [3.8, 4) is 0 Å². The Bertz CT molecular complexity index is 611. The highest BCUT2D eigenvalue weighted by Crippen LogP contribution is 2.31. The lowest BCUT2D eigenvalue weighted by Crippen LogP contribution is -2.36. The zero-order valence-electron chi connectivity index (χ0n) is 14.0. The summed E-state index contributed by atoms with van der Waals surface area (Å²) in [4.78, 5) is 4.49. The summed E-state index contributed by atoms with van der Waals surface area (Å²) in [5.74, 6) is 0. The van der Waals surface area contributed by atoms with Crippen LogP contribution in [-0.2, 0) is 6.54 Å². The summed E-state index contributed by atoms with van der Waals surface area (Å²) in [5, 5.41) is 10.1. The van der Waals surface area contributed by atoms with Crippen LogP contribution < -0.4 is 9.71 Å². The van der Waals surface area contributed by atoms with Gasteiger partial charge in [-0.25, -0.2) is 0 Å². The Hall–Kier alpha value is -1.94. The number of hydrogen-bond acceptors (Lipinski definition) is 3. The third-order valence-corrected chi connectivity index (χ3v) is 4.49. The fourth-order valence-corrected chi connectivity index (χ4v) is 3.09. The summed E-state index contributed by atoms with van der Waals surface area (Å²) in [6, 6.07) is 19.6. The van der Waals surface area contributed by atoms with Crippen LogP contribution >= 0.6 is 0 Å². The first-order valence-corrected chi connectivity index (χ1v) is 8.54. The molecule has 0 amide bonds. The van der Waals surface area contributed by atoms with Crippen LogP contribution in [0.5, 0.6) is 0 Å². The molecule has 0 bridgehead atoms. The molecule has 3 rings (SSSR count). The molecule has 23 heavy (non-hydrogen) atoms. The van der Waals surface area contributed by atoms with Gasteiger partial charge >= 0.3 is 7.05 Å². The standard InChI is InChI=1S/C19H25BN2O/c1-3-21(18-13-14-18)17-11-9-16(10-12-17)15-22(20(2)23)19-7-5-4-6-8-19/h4-12,18,23H,3,13-15H2,1-2H3. The van der Waals surface area contributed by atoms with Crippen LogP contribution in [-0.4, -0.2) is 24.7 Å². The van der Waals surface area contributed by atoms with E-state index < -0.39 is 7.05 Å². The van der Waals surface area contributed by atoms with Gasteiger partial charge in [0.1, 0.15) is 0 Å². The van der Waals surface area contributed by atoms with Gasteiger partial charge in [-0.1, -0.05) is 30.3 Å². The van der Waals surface area contributed by atoms with E-state index in [1.807, 2.05) is 42.0 Å². The average molecular weight is 308 g/mol. The molecule has 120 valence electrons. The van der Waals surface area contributed by atoms with Gasteiger partial charge in [0.05, 0.1) is 0 Å². The summed E-state index contributed by atoms with van der Waals surface area (Å²) in [6.45, 7) is 5.80. The van der Waals surface area contributed by atoms with Crippen molar-refractivity contribution in [2.45, 2.75) is 39.2 Å². The summed E-state index contributed by atoms with van der Waals surface area (Å²) >= 11 is 0. The van der Waals surface area contributed by atoms with Gasteiger partial charge in [-0.15, -0.1) is 0 Å². The van der Waals surface area contributed by atoms with Gasteiger partial charge in [-0.3, -0.25) is 0 Å². The molecule has 1 fully saturated rings. The maximum Gasteiger partial charge on any atom is 0.409 e. The SMILES string of the molecule is CCN(c1ccc(CN(B(C)O)c2ccccc2)cc1)C1CC1. The van der Waals surface area contributed by atoms with Crippen LogP contribution in [0.15, 0.2) is 54.6 Å². The second kappa shape index (κ2) is 7.09. The van der Waals surface area contributed by atoms with Gasteiger partial charge in [-0.05, 0) is 56.4 Å². The van der Waals surface area contributed by atoms with E-state index in [4.69, 9.17) is 0 Å². The van der Waals surface area contributed by atoms with Gasteiger partial charge in [0, 0.05) is 30.5 Å². The smallest absolute Gasteiger partial charge is 0.409 e. The van der Waals surface area contributed by atoms with Crippen molar-refractivity contribution in [2.75, 3.05) is 16.3 Å². The lowest BCUT2D eigenvalue weighted by Gasteiger charge is -2.27. The van der Waals surface area contributed by atoms with Crippen molar-refractivity contribution in [1.82, 2.24) is 0 Å². The highest BCUT2D eigenvalue weighted by molar-refractivity contribution is 6.53. The molecule has 0 unspecified atom stereocenters. The summed E-state index contributed by atoms with van der Waals surface area (Å²) in [5.41, 5.74) is 3.56. The quantitative estimate of drug-likeness (QED) is 0.788. The minimum atomic E-state index is -0.518. The van der Waals surface area contributed by atoms with Crippen LogP contribution in [0, 0.1) is 0 Å². The lowest BCUT2D eigenvalue weighted by molar-refractivity contribution is 0.569. The topological polar surface area (TPSA) is 26.7 Å². The molecule has 0 aliphatic heterocycles. The third kappa shape index (κ3) is 3.88. The zero-order chi connectivity index (χ0) is 16.2. The van der Waals surface area contributed by atoms with Crippen molar-refractivity contribution in [2.24, 2.45) is 0 Å². The van der Waals surface area contributed by atoms with E-state index in [1.54, 1.807) is 0 Å². The molecule has 3 nitrogen and oxygen atoms in total. The van der Waals surface area contributed by atoms with E-state index in [2.05, 4.69) is 36.1 Å². The molecular formula is C19H25BN2O. The first-order valence-electron chi connectivity index (χ1n) is 8.54. The second-order valence-electron chi connectivity index (χ2n) is 6.28. The van der Waals surface area contributed by atoms with E-state index >= 15 is 0 Å². The van der Waals surface area contributed by atoms with Gasteiger partial charge < -0.3 is 14.7 Å². The monoisotopic (exact) mass is 308 g/mol. The number of para-hydroxylation sites is 1. The Labute approximate surface area is 139 Å². The lowest BCUT2D eigenvalue weighted by atomic mass is 9.83. The Morgan fingerprint density at radius 3 is 2.17 bits per heavy atom. The van der Waals surface area contributed by atoms with Crippen molar-refractivity contribution >= 4 is 18.4 Å². The van der Waals surface area contributed by atoms with Crippen LogP contribution in [0.4, 0.5) is 11.4 Å². The number of nitrogens with zero attached hydrogens (tertiary/aromatic N) is 2. The predicted molar refractivity (Wildman–Crippen MR) is 98.9 cm³/mol. The number of rotatable bonds is 7. The molecule has 0 atom stereocenters. The largest absolute Gasteiger partial charge is 0.432 e. The molecule has 0 aromatic heterocycles. The van der Waals surface area contributed by atoms with Gasteiger partial charge in [0.2, 0.25) is 0 Å². The molecule has 2 aromatic rings. The zero-order valence-corrected chi connectivity index (χ0v) is 14.0. The molecule has 1 N–H and O–H groups in total. The van der Waals surface area contributed by atoms with E-state index in [-0.39, 0.29) is 0 Å². The summed E-state index contributed by atoms with van der Waals surface area (Å²) in [6.07, 6.45) is 2.64. The van der Waals surface area contributed by atoms with E-state index in [0.29, 0.717) is 6.54 Å². The maximum atomic E-state index is 10.1. The highest BCUT2D eigenvalue weighted by Gasteiger charge is 2.28. The van der Waals surface area contributed by atoms with Crippen LogP contribution in [0.25, 0.3) is 0 Å². The number of anilines is 2. The minimum absolute atomic E-state index is 0.518. The van der Waals surface area contributed by atoms with E-state index in [1.165, 1.54) is 24.1 Å². The third-order valence-electron chi connectivity index (χ3n) is 4.49. The predicted octanol–water partition coefficient (Wildman–Crippen LogP) is 3.79. The molecule has 0 spiro atoms. The van der Waals surface area contributed by atoms with E-state index in [0.717, 1.165) is 18.3 Å². The molecule has 1 aliphatic rings. The normalized spacial score (nSPS) is 13.7. The minimum Gasteiger partial charge on any atom is -0.432 e. The Morgan fingerprint density at radius 1 is 1.00 bits per heavy atom. The molecule has 2 aromatic carbocycles. The molecule has 0 heterocycles. The van der Waals surface area contributed by atoms with Gasteiger partial charge in [0.15, 0.2) is 0 Å². The first kappa shape index (κ1) is 15.9. The van der Waals surface area contributed by atoms with Crippen LogP contribution in [0.2, 0.25) is 6.82 Å². The molecule has 0 radical (unpaired) electrons. The molecule has 1 saturated carbocycles. The number of benzene rings is 2. The van der Waals surface area contributed by atoms with Gasteiger partial charge in [0.25, 0.3) is 0 Å². The van der Waals surface area contributed by atoms with Crippen molar-refractivity contribution < 1.29 is 5.02 Å². The Morgan fingerprint density at radius 2 is 1.65 bits per heavy atom. The van der Waals surface area contributed by atoms with Crippen LogP contribution in [0.1, 0.15) is 25.3 Å². The van der Waals surface area contributed by atoms with Crippen LogP contribution in [0.3, 0.4) is 0 Å². The van der Waals surface area contributed by atoms with Crippen molar-refractivity contribution in [3.05, 3.63) is 60.2 Å². The number of hydrogen-bond donors (Lipinski definition) is 1. The maximum absolute atomic E-state index is 10.1. The van der Waals surface area contributed by atoms with E-state index in [9.17, 15) is 5.02 Å². The fourth-order valence-electron chi connectivity index (χ4n) is 3.09. The molecule has 1 aliphatic carbocycles. The summed E-state index contributed by atoms with van der Waals surface area (Å²) in [7, 11) is -0.518. The molecular weight excluding hydrogens is 283 g/mol. The summed E-state index contributed by atoms with van der Waals surface area (Å²) < 4.78 is 0. The fraction of sp³-hybridized carbons (Fsp3) is 0.368.